The molecule has 0 saturated carbocycles. The van der Waals surface area contributed by atoms with E-state index in [1.165, 1.54) is 250 Å². The zero-order valence-corrected chi connectivity index (χ0v) is 46.2. The number of unbranched alkanes of at least 4 members (excludes halogenated alkanes) is 44. The van der Waals surface area contributed by atoms with E-state index in [4.69, 9.17) is 14.2 Å². The Labute approximate surface area is 424 Å². The number of allylic oxidation sites excluding steroid dienone is 2. The van der Waals surface area contributed by atoms with E-state index in [1.54, 1.807) is 0 Å². The fourth-order valence-electron chi connectivity index (χ4n) is 9.38. The molecule has 0 saturated heterocycles. The molecule has 0 aromatic heterocycles. The molecule has 6 nitrogen and oxygen atoms in total. The number of ether oxygens (including phenoxy) is 3. The fraction of sp³-hybridized carbons (Fsp3) is 0.919. The number of carbonyl (C=O) groups is 3. The van der Waals surface area contributed by atoms with Crippen molar-refractivity contribution in [2.45, 2.75) is 354 Å². The standard InChI is InChI=1S/C62H118O6/c1-4-7-10-13-16-19-21-23-25-27-29-30-31-32-33-35-36-38-40-43-46-49-52-55-61(64)67-58-59(57-66-60(63)54-51-48-45-42-18-15-12-9-6-3)68-62(65)56-53-50-47-44-41-39-37-34-28-26-24-22-20-17-14-11-8-5-2/h27,29,59H,4-26,28,30-58H2,1-3H3/b29-27-. The molecule has 0 amide bonds. The number of hydrogen-bond donors (Lipinski definition) is 0. The van der Waals surface area contributed by atoms with Crippen LogP contribution in [0.1, 0.15) is 348 Å². The maximum absolute atomic E-state index is 12.8. The van der Waals surface area contributed by atoms with Gasteiger partial charge in [-0.05, 0) is 44.9 Å². The third-order valence-electron chi connectivity index (χ3n) is 14.0. The van der Waals surface area contributed by atoms with E-state index in [0.29, 0.717) is 19.3 Å². The van der Waals surface area contributed by atoms with E-state index in [-0.39, 0.29) is 31.1 Å². The van der Waals surface area contributed by atoms with Crippen LogP contribution in [0, 0.1) is 0 Å². The summed E-state index contributed by atoms with van der Waals surface area (Å²) in [5.74, 6) is -0.842. The van der Waals surface area contributed by atoms with E-state index in [1.807, 2.05) is 0 Å². The van der Waals surface area contributed by atoms with Crippen molar-refractivity contribution in [1.82, 2.24) is 0 Å². The lowest BCUT2D eigenvalue weighted by molar-refractivity contribution is -0.167. The normalized spacial score (nSPS) is 12.0. The molecular formula is C62H118O6. The minimum atomic E-state index is -0.764. The highest BCUT2D eigenvalue weighted by molar-refractivity contribution is 5.71. The Hall–Kier alpha value is -1.85. The van der Waals surface area contributed by atoms with Gasteiger partial charge in [-0.1, -0.05) is 296 Å². The number of carbonyl (C=O) groups excluding carboxylic acids is 3. The first kappa shape index (κ1) is 66.2. The van der Waals surface area contributed by atoms with Crippen molar-refractivity contribution in [3.63, 3.8) is 0 Å². The summed E-state index contributed by atoms with van der Waals surface area (Å²) in [6.45, 7) is 6.68. The monoisotopic (exact) mass is 959 g/mol. The molecular weight excluding hydrogens is 841 g/mol. The average molecular weight is 960 g/mol. The average Bonchev–Trinajstić information content (AvgIpc) is 3.34. The molecule has 0 radical (unpaired) electrons. The Morgan fingerprint density at radius 1 is 0.279 bits per heavy atom. The second-order valence-electron chi connectivity index (χ2n) is 21.0. The van der Waals surface area contributed by atoms with E-state index in [2.05, 4.69) is 32.9 Å². The van der Waals surface area contributed by atoms with Crippen molar-refractivity contribution in [1.29, 1.82) is 0 Å². The highest BCUT2D eigenvalue weighted by Gasteiger charge is 2.19. The molecule has 0 aliphatic rings. The van der Waals surface area contributed by atoms with E-state index in [9.17, 15) is 14.4 Å². The van der Waals surface area contributed by atoms with Gasteiger partial charge in [0.15, 0.2) is 6.10 Å². The summed E-state index contributed by atoms with van der Waals surface area (Å²) in [6.07, 6.45) is 66.5. The van der Waals surface area contributed by atoms with Gasteiger partial charge in [0, 0.05) is 19.3 Å². The number of esters is 3. The van der Waals surface area contributed by atoms with Crippen LogP contribution in [0.3, 0.4) is 0 Å². The topological polar surface area (TPSA) is 78.9 Å². The molecule has 0 aromatic carbocycles. The van der Waals surface area contributed by atoms with E-state index in [0.717, 1.165) is 57.8 Å². The molecule has 402 valence electrons. The lowest BCUT2D eigenvalue weighted by atomic mass is 10.0. The van der Waals surface area contributed by atoms with Crippen molar-refractivity contribution in [2.24, 2.45) is 0 Å². The van der Waals surface area contributed by atoms with Gasteiger partial charge in [0.1, 0.15) is 13.2 Å². The first-order chi connectivity index (χ1) is 33.5. The van der Waals surface area contributed by atoms with Crippen LogP contribution in [-0.2, 0) is 28.6 Å². The quantitative estimate of drug-likeness (QED) is 0.0262. The summed E-state index contributed by atoms with van der Waals surface area (Å²) in [5, 5.41) is 0. The van der Waals surface area contributed by atoms with Crippen molar-refractivity contribution in [2.75, 3.05) is 13.2 Å². The lowest BCUT2D eigenvalue weighted by Gasteiger charge is -2.18. The molecule has 0 fully saturated rings. The Balaban J connectivity index is 4.17. The maximum atomic E-state index is 12.8. The summed E-state index contributed by atoms with van der Waals surface area (Å²) >= 11 is 0. The second kappa shape index (κ2) is 57.7. The summed E-state index contributed by atoms with van der Waals surface area (Å²) < 4.78 is 16.9. The minimum absolute atomic E-state index is 0.0643. The summed E-state index contributed by atoms with van der Waals surface area (Å²) in [5.41, 5.74) is 0. The lowest BCUT2D eigenvalue weighted by Crippen LogP contribution is -2.30. The highest BCUT2D eigenvalue weighted by Crippen LogP contribution is 2.18. The Morgan fingerprint density at radius 2 is 0.485 bits per heavy atom. The number of rotatable bonds is 57. The van der Waals surface area contributed by atoms with Gasteiger partial charge in [0.2, 0.25) is 0 Å². The van der Waals surface area contributed by atoms with Crippen molar-refractivity contribution in [3.8, 4) is 0 Å². The molecule has 0 N–H and O–H groups in total. The summed E-state index contributed by atoms with van der Waals surface area (Å²) in [6, 6.07) is 0. The SMILES string of the molecule is CCCCCCCCCC/C=C\CCCCCCCCCCCCCC(=O)OCC(COC(=O)CCCCCCCCCCC)OC(=O)CCCCCCCCCCCCCCCCCCCC. The van der Waals surface area contributed by atoms with E-state index >= 15 is 0 Å². The van der Waals surface area contributed by atoms with Crippen molar-refractivity contribution in [3.05, 3.63) is 12.2 Å². The van der Waals surface area contributed by atoms with Crippen molar-refractivity contribution < 1.29 is 28.6 Å². The van der Waals surface area contributed by atoms with Crippen LogP contribution < -0.4 is 0 Å². The maximum Gasteiger partial charge on any atom is 0.306 e. The molecule has 0 aromatic rings. The first-order valence-electron chi connectivity index (χ1n) is 30.7. The minimum Gasteiger partial charge on any atom is -0.462 e. The molecule has 0 rings (SSSR count). The third kappa shape index (κ3) is 55.1. The smallest absolute Gasteiger partial charge is 0.306 e. The van der Waals surface area contributed by atoms with Gasteiger partial charge in [-0.3, -0.25) is 14.4 Å². The van der Waals surface area contributed by atoms with Crippen LogP contribution in [0.2, 0.25) is 0 Å². The Kier molecular flexibility index (Phi) is 56.2. The van der Waals surface area contributed by atoms with Crippen LogP contribution in [0.25, 0.3) is 0 Å². The second-order valence-corrected chi connectivity index (χ2v) is 21.0. The van der Waals surface area contributed by atoms with Gasteiger partial charge >= 0.3 is 17.9 Å². The van der Waals surface area contributed by atoms with Crippen LogP contribution in [0.5, 0.6) is 0 Å². The van der Waals surface area contributed by atoms with Crippen LogP contribution in [0.4, 0.5) is 0 Å². The van der Waals surface area contributed by atoms with Gasteiger partial charge in [-0.15, -0.1) is 0 Å². The number of hydrogen-bond acceptors (Lipinski definition) is 6. The van der Waals surface area contributed by atoms with Crippen LogP contribution in [-0.4, -0.2) is 37.2 Å². The summed E-state index contributed by atoms with van der Waals surface area (Å²) in [4.78, 5) is 38.1. The van der Waals surface area contributed by atoms with Gasteiger partial charge in [-0.2, -0.15) is 0 Å². The molecule has 68 heavy (non-hydrogen) atoms. The molecule has 6 heteroatoms. The Morgan fingerprint density at radius 3 is 0.735 bits per heavy atom. The Bertz CT molecular complexity index is 1060. The third-order valence-corrected chi connectivity index (χ3v) is 14.0. The van der Waals surface area contributed by atoms with Crippen LogP contribution >= 0.6 is 0 Å². The molecule has 0 spiro atoms. The van der Waals surface area contributed by atoms with Gasteiger partial charge < -0.3 is 14.2 Å². The highest BCUT2D eigenvalue weighted by atomic mass is 16.6. The predicted molar refractivity (Wildman–Crippen MR) is 293 cm³/mol. The molecule has 1 atom stereocenters. The zero-order chi connectivity index (χ0) is 49.3. The molecule has 1 unspecified atom stereocenters. The van der Waals surface area contributed by atoms with E-state index < -0.39 is 6.10 Å². The fourth-order valence-corrected chi connectivity index (χ4v) is 9.38. The predicted octanol–water partition coefficient (Wildman–Crippen LogP) is 20.5. The van der Waals surface area contributed by atoms with Crippen molar-refractivity contribution >= 4 is 17.9 Å². The van der Waals surface area contributed by atoms with Crippen LogP contribution in [0.15, 0.2) is 12.2 Å². The first-order valence-corrected chi connectivity index (χ1v) is 30.7. The van der Waals surface area contributed by atoms with Gasteiger partial charge in [0.05, 0.1) is 0 Å². The van der Waals surface area contributed by atoms with Gasteiger partial charge in [-0.25, -0.2) is 0 Å². The molecule has 0 heterocycles. The molecule has 0 aliphatic carbocycles. The zero-order valence-electron chi connectivity index (χ0n) is 46.2. The molecule has 0 aliphatic heterocycles. The van der Waals surface area contributed by atoms with Gasteiger partial charge in [0.25, 0.3) is 0 Å². The summed E-state index contributed by atoms with van der Waals surface area (Å²) in [7, 11) is 0. The molecule has 0 bridgehead atoms. The largest absolute Gasteiger partial charge is 0.462 e.